The molecule has 0 bridgehead atoms. The van der Waals surface area contributed by atoms with Crippen LogP contribution in [0.2, 0.25) is 0 Å². The molecule has 2 N–H and O–H groups in total. The molecule has 3 fully saturated rings. The van der Waals surface area contributed by atoms with E-state index >= 15 is 0 Å². The van der Waals surface area contributed by atoms with E-state index in [4.69, 9.17) is 23.7 Å². The van der Waals surface area contributed by atoms with Crippen LogP contribution in [0.1, 0.15) is 45.8 Å². The highest BCUT2D eigenvalue weighted by Crippen LogP contribution is 2.49. The van der Waals surface area contributed by atoms with Crippen LogP contribution >= 0.6 is 0 Å². The Labute approximate surface area is 159 Å². The zero-order chi connectivity index (χ0) is 19.4. The third-order valence-corrected chi connectivity index (χ3v) is 5.40. The van der Waals surface area contributed by atoms with Crippen molar-refractivity contribution in [2.45, 2.75) is 82.0 Å². The number of ether oxygens (including phenoxy) is 5. The van der Waals surface area contributed by atoms with Crippen molar-refractivity contribution in [1.29, 1.82) is 0 Å². The number of hydrogen-bond donors (Lipinski definition) is 2. The molecule has 0 aromatic heterocycles. The van der Waals surface area contributed by atoms with Crippen molar-refractivity contribution >= 4 is 0 Å². The topological polar surface area (TPSA) is 86.6 Å². The van der Waals surface area contributed by atoms with Gasteiger partial charge in [0, 0.05) is 6.42 Å². The van der Waals surface area contributed by atoms with E-state index in [1.54, 1.807) is 13.8 Å². The molecule has 3 aliphatic heterocycles. The van der Waals surface area contributed by atoms with E-state index in [1.807, 2.05) is 44.2 Å². The van der Waals surface area contributed by atoms with Gasteiger partial charge in [0.1, 0.15) is 23.9 Å². The monoisotopic (exact) mass is 380 g/mol. The summed E-state index contributed by atoms with van der Waals surface area (Å²) in [6, 6.07) is 9.23. The van der Waals surface area contributed by atoms with Gasteiger partial charge in [0.15, 0.2) is 17.9 Å². The van der Waals surface area contributed by atoms with Crippen molar-refractivity contribution in [3.8, 4) is 0 Å². The Balaban J connectivity index is 1.61. The number of hydrogen-bond acceptors (Lipinski definition) is 7. The Morgan fingerprint density at radius 1 is 1.00 bits per heavy atom. The Kier molecular flexibility index (Phi) is 4.63. The second-order valence-corrected chi connectivity index (χ2v) is 8.47. The maximum absolute atomic E-state index is 11.7. The molecule has 1 aromatic rings. The maximum atomic E-state index is 11.7. The first kappa shape index (κ1) is 19.3. The Bertz CT molecular complexity index is 676. The Morgan fingerprint density at radius 2 is 1.70 bits per heavy atom. The van der Waals surface area contributed by atoms with Gasteiger partial charge in [0.2, 0.25) is 0 Å². The van der Waals surface area contributed by atoms with Crippen molar-refractivity contribution in [3.63, 3.8) is 0 Å². The molecule has 7 nitrogen and oxygen atoms in total. The smallest absolute Gasteiger partial charge is 0.190 e. The third kappa shape index (κ3) is 3.53. The minimum atomic E-state index is -1.50. The number of fused-ring (bicyclic) bond motifs is 1. The summed E-state index contributed by atoms with van der Waals surface area (Å²) in [6.07, 6.45) is -3.56. The van der Waals surface area contributed by atoms with Crippen molar-refractivity contribution in [3.05, 3.63) is 35.9 Å². The summed E-state index contributed by atoms with van der Waals surface area (Å²) in [5, 5.41) is 22.5. The molecule has 3 saturated heterocycles. The number of benzene rings is 1. The van der Waals surface area contributed by atoms with Gasteiger partial charge >= 0.3 is 0 Å². The van der Waals surface area contributed by atoms with E-state index in [9.17, 15) is 10.2 Å². The molecule has 0 unspecified atom stereocenters. The van der Waals surface area contributed by atoms with E-state index in [0.717, 1.165) is 5.56 Å². The molecule has 0 aliphatic carbocycles. The van der Waals surface area contributed by atoms with Crippen molar-refractivity contribution in [2.24, 2.45) is 0 Å². The van der Waals surface area contributed by atoms with Crippen LogP contribution in [0.3, 0.4) is 0 Å². The number of aliphatic hydroxyl groups is 2. The summed E-state index contributed by atoms with van der Waals surface area (Å²) in [5.41, 5.74) is -0.780. The Morgan fingerprint density at radius 3 is 2.33 bits per heavy atom. The predicted molar refractivity (Wildman–Crippen MR) is 94.6 cm³/mol. The largest absolute Gasteiger partial charge is 0.388 e. The molecule has 6 atom stereocenters. The predicted octanol–water partition coefficient (Wildman–Crippen LogP) is 1.87. The molecule has 4 rings (SSSR count). The summed E-state index contributed by atoms with van der Waals surface area (Å²) >= 11 is 0. The van der Waals surface area contributed by atoms with Crippen molar-refractivity contribution in [2.75, 3.05) is 6.61 Å². The molecule has 0 amide bonds. The van der Waals surface area contributed by atoms with Gasteiger partial charge in [-0.1, -0.05) is 30.3 Å². The average molecular weight is 380 g/mol. The average Bonchev–Trinajstić information content (AvgIpc) is 3.18. The highest BCUT2D eigenvalue weighted by molar-refractivity contribution is 5.19. The van der Waals surface area contributed by atoms with E-state index in [2.05, 4.69) is 0 Å². The van der Waals surface area contributed by atoms with Crippen LogP contribution in [-0.2, 0) is 23.7 Å². The molecule has 3 aliphatic rings. The minimum absolute atomic E-state index is 0.0303. The fraction of sp³-hybridized carbons (Fsp3) is 0.700. The van der Waals surface area contributed by atoms with E-state index in [1.165, 1.54) is 0 Å². The van der Waals surface area contributed by atoms with Crippen LogP contribution in [-0.4, -0.2) is 58.6 Å². The van der Waals surface area contributed by atoms with Crippen LogP contribution in [0.5, 0.6) is 0 Å². The van der Waals surface area contributed by atoms with Gasteiger partial charge in [0.25, 0.3) is 0 Å². The molecule has 0 spiro atoms. The van der Waals surface area contributed by atoms with Gasteiger partial charge in [-0.3, -0.25) is 0 Å². The number of aliphatic hydroxyl groups excluding tert-OH is 1. The second kappa shape index (κ2) is 6.49. The summed E-state index contributed by atoms with van der Waals surface area (Å²) in [6.45, 7) is 7.46. The molecule has 0 saturated carbocycles. The molecule has 3 heterocycles. The van der Waals surface area contributed by atoms with Crippen LogP contribution in [0.25, 0.3) is 0 Å². The standard InChI is InChI=1S/C20H28O7/c1-18(2)23-11-14(25-18)15-20(22,10-13(21)12-8-6-5-7-9-12)16-17(24-15)27-19(3,4)26-16/h5-9,13-17,21-22H,10-11H2,1-4H3/t13-,14-,15-,16+,17-,20+/m1/s1. The minimum Gasteiger partial charge on any atom is -0.388 e. The molecule has 7 heteroatoms. The molecule has 150 valence electrons. The first-order valence-corrected chi connectivity index (χ1v) is 9.38. The maximum Gasteiger partial charge on any atom is 0.190 e. The summed E-state index contributed by atoms with van der Waals surface area (Å²) in [5.74, 6) is -1.63. The van der Waals surface area contributed by atoms with Crippen molar-refractivity contribution in [1.82, 2.24) is 0 Å². The van der Waals surface area contributed by atoms with Crippen LogP contribution in [0.4, 0.5) is 0 Å². The van der Waals surface area contributed by atoms with Gasteiger partial charge in [-0.15, -0.1) is 0 Å². The van der Waals surface area contributed by atoms with Crippen molar-refractivity contribution < 1.29 is 33.9 Å². The fourth-order valence-electron chi connectivity index (χ4n) is 4.20. The molecule has 1 aromatic carbocycles. The van der Waals surface area contributed by atoms with Crippen LogP contribution < -0.4 is 0 Å². The highest BCUT2D eigenvalue weighted by atomic mass is 16.8. The normalized spacial score (nSPS) is 40.8. The lowest BCUT2D eigenvalue weighted by Gasteiger charge is -2.37. The van der Waals surface area contributed by atoms with Crippen LogP contribution in [0, 0.1) is 0 Å². The second-order valence-electron chi connectivity index (χ2n) is 8.47. The molecular weight excluding hydrogens is 352 g/mol. The first-order valence-electron chi connectivity index (χ1n) is 9.38. The highest BCUT2D eigenvalue weighted by Gasteiger charge is 2.66. The quantitative estimate of drug-likeness (QED) is 0.825. The molecule has 0 radical (unpaired) electrons. The van der Waals surface area contributed by atoms with E-state index in [0.29, 0.717) is 0 Å². The molecular formula is C20H28O7. The Hall–Kier alpha value is -1.06. The lowest BCUT2D eigenvalue weighted by Crippen LogP contribution is -2.54. The summed E-state index contributed by atoms with van der Waals surface area (Å²) in [4.78, 5) is 0. The van der Waals surface area contributed by atoms with Crippen LogP contribution in [0.15, 0.2) is 30.3 Å². The first-order chi connectivity index (χ1) is 12.6. The van der Waals surface area contributed by atoms with Gasteiger partial charge in [-0.25, -0.2) is 0 Å². The van der Waals surface area contributed by atoms with E-state index < -0.39 is 47.9 Å². The fourth-order valence-corrected chi connectivity index (χ4v) is 4.20. The van der Waals surface area contributed by atoms with Gasteiger partial charge in [-0.2, -0.15) is 0 Å². The lowest BCUT2D eigenvalue weighted by molar-refractivity contribution is -0.251. The van der Waals surface area contributed by atoms with Gasteiger partial charge in [-0.05, 0) is 33.3 Å². The lowest BCUT2D eigenvalue weighted by atomic mass is 9.82. The van der Waals surface area contributed by atoms with Gasteiger partial charge in [0.05, 0.1) is 12.7 Å². The zero-order valence-corrected chi connectivity index (χ0v) is 16.1. The zero-order valence-electron chi connectivity index (χ0n) is 16.1. The summed E-state index contributed by atoms with van der Waals surface area (Å²) in [7, 11) is 0. The third-order valence-electron chi connectivity index (χ3n) is 5.40. The SMILES string of the molecule is CC1(C)OC[C@H]([C@H]2O[C@@H]3OC(C)(C)O[C@@H]3[C@]2(O)C[C@@H](O)c2ccccc2)O1. The summed E-state index contributed by atoms with van der Waals surface area (Å²) < 4.78 is 29.4. The molecule has 27 heavy (non-hydrogen) atoms. The number of rotatable bonds is 4. The van der Waals surface area contributed by atoms with Gasteiger partial charge < -0.3 is 33.9 Å². The van der Waals surface area contributed by atoms with E-state index in [-0.39, 0.29) is 13.0 Å².